The number of methoxy groups -OCH3 is 1. The van der Waals surface area contributed by atoms with E-state index in [1.54, 1.807) is 7.11 Å². The van der Waals surface area contributed by atoms with Crippen LogP contribution in [0.4, 0.5) is 0 Å². The molecule has 0 radical (unpaired) electrons. The van der Waals surface area contributed by atoms with Gasteiger partial charge in [-0.2, -0.15) is 0 Å². The standard InChI is InChI=1S/C17H17ClN4O2/c1-10-19-15(18)14-17(20-10)22(11-7-8-24-9-11)16(21-14)12-5-3-4-6-13(12)23-2/h3-6,11H,7-9H2,1-2H3/t11-/m1/s1. The Morgan fingerprint density at radius 1 is 1.25 bits per heavy atom. The van der Waals surface area contributed by atoms with Crippen LogP contribution in [0.5, 0.6) is 5.75 Å². The second-order valence-electron chi connectivity index (χ2n) is 5.76. The van der Waals surface area contributed by atoms with Crippen LogP contribution in [-0.4, -0.2) is 39.8 Å². The van der Waals surface area contributed by atoms with E-state index in [-0.39, 0.29) is 6.04 Å². The van der Waals surface area contributed by atoms with Crippen molar-refractivity contribution in [1.82, 2.24) is 19.5 Å². The molecule has 3 heterocycles. The summed E-state index contributed by atoms with van der Waals surface area (Å²) in [6, 6.07) is 7.97. The van der Waals surface area contributed by atoms with Crippen molar-refractivity contribution in [3.63, 3.8) is 0 Å². The SMILES string of the molecule is COc1ccccc1-c1nc2c(Cl)nc(C)nc2n1[C@@H]1CCOC1. The minimum atomic E-state index is 0.167. The van der Waals surface area contributed by atoms with Gasteiger partial charge in [0.2, 0.25) is 0 Å². The lowest BCUT2D eigenvalue weighted by molar-refractivity contribution is 0.187. The highest BCUT2D eigenvalue weighted by molar-refractivity contribution is 6.33. The molecule has 6 nitrogen and oxygen atoms in total. The van der Waals surface area contributed by atoms with Crippen LogP contribution in [0.15, 0.2) is 24.3 Å². The zero-order valence-electron chi connectivity index (χ0n) is 13.5. The number of imidazole rings is 1. The summed E-state index contributed by atoms with van der Waals surface area (Å²) in [5, 5.41) is 0.367. The molecule has 1 fully saturated rings. The van der Waals surface area contributed by atoms with Crippen molar-refractivity contribution in [1.29, 1.82) is 0 Å². The molecule has 124 valence electrons. The molecule has 0 unspecified atom stereocenters. The molecule has 1 aromatic carbocycles. The maximum absolute atomic E-state index is 6.33. The first kappa shape index (κ1) is 15.4. The van der Waals surface area contributed by atoms with Crippen molar-refractivity contribution in [3.8, 4) is 17.1 Å². The molecule has 0 aliphatic carbocycles. The first-order chi connectivity index (χ1) is 11.7. The van der Waals surface area contributed by atoms with Crippen LogP contribution < -0.4 is 4.74 Å². The van der Waals surface area contributed by atoms with E-state index < -0.39 is 0 Å². The molecule has 1 atom stereocenters. The van der Waals surface area contributed by atoms with E-state index in [1.165, 1.54) is 0 Å². The molecule has 3 aromatic rings. The Balaban J connectivity index is 2.04. The van der Waals surface area contributed by atoms with Crippen molar-refractivity contribution < 1.29 is 9.47 Å². The molecule has 0 bridgehead atoms. The predicted octanol–water partition coefficient (Wildman–Crippen LogP) is 3.43. The van der Waals surface area contributed by atoms with Gasteiger partial charge in [0, 0.05) is 6.61 Å². The zero-order valence-corrected chi connectivity index (χ0v) is 14.2. The van der Waals surface area contributed by atoms with Gasteiger partial charge in [0.05, 0.1) is 25.3 Å². The average Bonchev–Trinajstić information content (AvgIpc) is 3.21. The van der Waals surface area contributed by atoms with E-state index in [0.29, 0.717) is 23.1 Å². The van der Waals surface area contributed by atoms with Gasteiger partial charge in [0.25, 0.3) is 0 Å². The first-order valence-electron chi connectivity index (χ1n) is 7.82. The normalized spacial score (nSPS) is 17.5. The molecule has 2 aromatic heterocycles. The van der Waals surface area contributed by atoms with Gasteiger partial charge in [-0.25, -0.2) is 15.0 Å². The third kappa shape index (κ3) is 2.42. The van der Waals surface area contributed by atoms with Crippen LogP contribution in [0.1, 0.15) is 18.3 Å². The van der Waals surface area contributed by atoms with Crippen LogP contribution in [-0.2, 0) is 4.74 Å². The fourth-order valence-corrected chi connectivity index (χ4v) is 3.38. The number of aryl methyl sites for hydroxylation is 1. The fourth-order valence-electron chi connectivity index (χ4n) is 3.13. The van der Waals surface area contributed by atoms with E-state index in [0.717, 1.165) is 35.8 Å². The molecule has 4 rings (SSSR count). The molecule has 0 amide bonds. The first-order valence-corrected chi connectivity index (χ1v) is 8.20. The maximum Gasteiger partial charge on any atom is 0.165 e. The van der Waals surface area contributed by atoms with Gasteiger partial charge in [-0.05, 0) is 25.5 Å². The number of hydrogen-bond donors (Lipinski definition) is 0. The van der Waals surface area contributed by atoms with E-state index >= 15 is 0 Å². The fraction of sp³-hybridized carbons (Fsp3) is 0.353. The van der Waals surface area contributed by atoms with Crippen LogP contribution in [0, 0.1) is 6.92 Å². The van der Waals surface area contributed by atoms with Crippen molar-refractivity contribution in [2.45, 2.75) is 19.4 Å². The van der Waals surface area contributed by atoms with Gasteiger partial charge < -0.3 is 14.0 Å². The summed E-state index contributed by atoms with van der Waals surface area (Å²) < 4.78 is 13.2. The molecule has 7 heteroatoms. The minimum absolute atomic E-state index is 0.167. The lowest BCUT2D eigenvalue weighted by atomic mass is 10.1. The third-order valence-corrected chi connectivity index (χ3v) is 4.49. The zero-order chi connectivity index (χ0) is 16.7. The highest BCUT2D eigenvalue weighted by Gasteiger charge is 2.27. The van der Waals surface area contributed by atoms with Crippen molar-refractivity contribution >= 4 is 22.8 Å². The number of fused-ring (bicyclic) bond motifs is 1. The van der Waals surface area contributed by atoms with Gasteiger partial charge in [-0.15, -0.1) is 0 Å². The molecule has 1 saturated heterocycles. The largest absolute Gasteiger partial charge is 0.496 e. The number of rotatable bonds is 3. The number of para-hydroxylation sites is 1. The predicted molar refractivity (Wildman–Crippen MR) is 91.5 cm³/mol. The molecule has 0 saturated carbocycles. The monoisotopic (exact) mass is 344 g/mol. The summed E-state index contributed by atoms with van der Waals surface area (Å²) >= 11 is 6.33. The molecule has 1 aliphatic heterocycles. The molecule has 1 aliphatic rings. The Morgan fingerprint density at radius 2 is 2.08 bits per heavy atom. The summed E-state index contributed by atoms with van der Waals surface area (Å²) in [7, 11) is 1.65. The summed E-state index contributed by atoms with van der Waals surface area (Å²) in [6.45, 7) is 3.19. The minimum Gasteiger partial charge on any atom is -0.496 e. The summed E-state index contributed by atoms with van der Waals surface area (Å²) in [5.74, 6) is 2.16. The molecule has 0 N–H and O–H groups in total. The number of nitrogens with zero attached hydrogens (tertiary/aromatic N) is 4. The Bertz CT molecular complexity index is 903. The van der Waals surface area contributed by atoms with E-state index in [4.69, 9.17) is 26.1 Å². The van der Waals surface area contributed by atoms with Gasteiger partial charge in [0.15, 0.2) is 10.8 Å². The Kier molecular flexibility index (Phi) is 3.86. The van der Waals surface area contributed by atoms with Crippen LogP contribution in [0.2, 0.25) is 5.15 Å². The smallest absolute Gasteiger partial charge is 0.165 e. The second-order valence-corrected chi connectivity index (χ2v) is 6.11. The Labute approximate surface area is 144 Å². The lowest BCUT2D eigenvalue weighted by Crippen LogP contribution is -2.11. The van der Waals surface area contributed by atoms with E-state index in [2.05, 4.69) is 14.5 Å². The Morgan fingerprint density at radius 3 is 2.83 bits per heavy atom. The molecular weight excluding hydrogens is 328 g/mol. The number of benzene rings is 1. The third-order valence-electron chi connectivity index (χ3n) is 4.23. The topological polar surface area (TPSA) is 62.1 Å². The summed E-state index contributed by atoms with van der Waals surface area (Å²) in [4.78, 5) is 13.6. The number of halogens is 1. The molecule has 0 spiro atoms. The molecule has 24 heavy (non-hydrogen) atoms. The summed E-state index contributed by atoms with van der Waals surface area (Å²) in [5.41, 5.74) is 2.25. The van der Waals surface area contributed by atoms with E-state index in [9.17, 15) is 0 Å². The quantitative estimate of drug-likeness (QED) is 0.681. The van der Waals surface area contributed by atoms with Crippen LogP contribution in [0.25, 0.3) is 22.6 Å². The van der Waals surface area contributed by atoms with E-state index in [1.807, 2.05) is 31.2 Å². The van der Waals surface area contributed by atoms with Gasteiger partial charge in [-0.1, -0.05) is 23.7 Å². The number of hydrogen-bond acceptors (Lipinski definition) is 5. The van der Waals surface area contributed by atoms with Crippen LogP contribution in [0.3, 0.4) is 0 Å². The maximum atomic E-state index is 6.33. The van der Waals surface area contributed by atoms with Gasteiger partial charge in [0.1, 0.15) is 22.9 Å². The van der Waals surface area contributed by atoms with Gasteiger partial charge in [-0.3, -0.25) is 0 Å². The number of ether oxygens (including phenoxy) is 2. The highest BCUT2D eigenvalue weighted by atomic mass is 35.5. The van der Waals surface area contributed by atoms with Gasteiger partial charge >= 0.3 is 0 Å². The summed E-state index contributed by atoms with van der Waals surface area (Å²) in [6.07, 6.45) is 0.911. The Hall–Kier alpha value is -2.18. The second kappa shape index (κ2) is 6.03. The van der Waals surface area contributed by atoms with Crippen molar-refractivity contribution in [3.05, 3.63) is 35.2 Å². The number of aromatic nitrogens is 4. The van der Waals surface area contributed by atoms with Crippen LogP contribution >= 0.6 is 11.6 Å². The highest BCUT2D eigenvalue weighted by Crippen LogP contribution is 2.36. The average molecular weight is 345 g/mol. The lowest BCUT2D eigenvalue weighted by Gasteiger charge is -2.16. The van der Waals surface area contributed by atoms with Crippen molar-refractivity contribution in [2.75, 3.05) is 20.3 Å². The van der Waals surface area contributed by atoms with Crippen molar-refractivity contribution in [2.24, 2.45) is 0 Å². The molecular formula is C17H17ClN4O2.